The van der Waals surface area contributed by atoms with E-state index in [0.29, 0.717) is 0 Å². The third-order valence-corrected chi connectivity index (χ3v) is 4.02. The van der Waals surface area contributed by atoms with E-state index in [4.69, 9.17) is 0 Å². The fraction of sp³-hybridized carbons (Fsp3) is 0.545. The predicted molar refractivity (Wildman–Crippen MR) is 104 cm³/mol. The Kier molecular flexibility index (Phi) is 10.8. The summed E-state index contributed by atoms with van der Waals surface area (Å²) in [4.78, 5) is 8.62. The van der Waals surface area contributed by atoms with Crippen LogP contribution in [0.3, 0.4) is 0 Å². The number of hydrogen-bond donors (Lipinski definition) is 0. The van der Waals surface area contributed by atoms with E-state index in [1.165, 1.54) is 61.0 Å². The summed E-state index contributed by atoms with van der Waals surface area (Å²) in [7, 11) is 0. The molecule has 0 bridgehead atoms. The molecule has 132 valence electrons. The highest BCUT2D eigenvalue weighted by Gasteiger charge is 1.94. The molecule has 2 heterocycles. The van der Waals surface area contributed by atoms with Crippen LogP contribution in [0.2, 0.25) is 0 Å². The average Bonchev–Trinajstić information content (AvgIpc) is 2.56. The Balaban J connectivity index is 0.000000240. The lowest BCUT2D eigenvalue weighted by atomic mass is 10.1. The molecule has 0 aliphatic carbocycles. The Labute approximate surface area is 148 Å². The van der Waals surface area contributed by atoms with Crippen LogP contribution in [0.5, 0.6) is 0 Å². The SMILES string of the molecule is CCCCCc1cc(C)ccn1.CCCCCc1cc(C)ccn1. The first kappa shape index (κ1) is 20.3. The van der Waals surface area contributed by atoms with Crippen LogP contribution in [0.1, 0.15) is 74.9 Å². The third-order valence-electron chi connectivity index (χ3n) is 4.02. The Hall–Kier alpha value is -1.70. The first-order chi connectivity index (χ1) is 11.7. The van der Waals surface area contributed by atoms with Crippen molar-refractivity contribution in [2.45, 2.75) is 79.1 Å². The van der Waals surface area contributed by atoms with Crippen LogP contribution in [0.4, 0.5) is 0 Å². The van der Waals surface area contributed by atoms with Gasteiger partial charge in [0, 0.05) is 23.8 Å². The zero-order valence-electron chi connectivity index (χ0n) is 16.0. The van der Waals surface area contributed by atoms with Gasteiger partial charge in [-0.05, 0) is 74.9 Å². The molecular formula is C22H34N2. The van der Waals surface area contributed by atoms with Crippen LogP contribution in [0.25, 0.3) is 0 Å². The van der Waals surface area contributed by atoms with Crippen molar-refractivity contribution in [2.75, 3.05) is 0 Å². The second-order valence-corrected chi connectivity index (χ2v) is 6.56. The van der Waals surface area contributed by atoms with E-state index in [1.54, 1.807) is 0 Å². The van der Waals surface area contributed by atoms with Crippen molar-refractivity contribution in [3.05, 3.63) is 59.2 Å². The molecule has 0 unspecified atom stereocenters. The van der Waals surface area contributed by atoms with E-state index < -0.39 is 0 Å². The minimum absolute atomic E-state index is 1.13. The maximum Gasteiger partial charge on any atom is 0.0406 e. The van der Waals surface area contributed by atoms with E-state index in [2.05, 4.69) is 49.8 Å². The van der Waals surface area contributed by atoms with E-state index in [0.717, 1.165) is 12.8 Å². The lowest BCUT2D eigenvalue weighted by molar-refractivity contribution is 0.707. The molecule has 0 N–H and O–H groups in total. The Morgan fingerprint density at radius 2 is 1.08 bits per heavy atom. The summed E-state index contributed by atoms with van der Waals surface area (Å²) in [6, 6.07) is 8.44. The molecule has 2 aromatic rings. The largest absolute Gasteiger partial charge is 0.261 e. The zero-order chi connectivity index (χ0) is 17.6. The van der Waals surface area contributed by atoms with Gasteiger partial charge in [0.05, 0.1) is 0 Å². The van der Waals surface area contributed by atoms with Crippen LogP contribution in [-0.4, -0.2) is 9.97 Å². The van der Waals surface area contributed by atoms with Crippen molar-refractivity contribution >= 4 is 0 Å². The second-order valence-electron chi connectivity index (χ2n) is 6.56. The van der Waals surface area contributed by atoms with Gasteiger partial charge in [-0.2, -0.15) is 0 Å². The van der Waals surface area contributed by atoms with Crippen molar-refractivity contribution in [2.24, 2.45) is 0 Å². The van der Waals surface area contributed by atoms with Gasteiger partial charge < -0.3 is 0 Å². The highest BCUT2D eigenvalue weighted by molar-refractivity contribution is 5.15. The van der Waals surface area contributed by atoms with E-state index in [9.17, 15) is 0 Å². The van der Waals surface area contributed by atoms with Gasteiger partial charge in [-0.1, -0.05) is 39.5 Å². The fourth-order valence-corrected chi connectivity index (χ4v) is 2.58. The molecule has 0 spiro atoms. The van der Waals surface area contributed by atoms with Crippen LogP contribution < -0.4 is 0 Å². The van der Waals surface area contributed by atoms with Gasteiger partial charge >= 0.3 is 0 Å². The minimum atomic E-state index is 1.13. The maximum atomic E-state index is 4.31. The number of hydrogen-bond acceptors (Lipinski definition) is 2. The number of rotatable bonds is 8. The molecule has 0 saturated carbocycles. The smallest absolute Gasteiger partial charge is 0.0406 e. The lowest BCUT2D eigenvalue weighted by Gasteiger charge is -1.99. The molecule has 0 aliphatic rings. The monoisotopic (exact) mass is 326 g/mol. The van der Waals surface area contributed by atoms with Crippen LogP contribution in [-0.2, 0) is 12.8 Å². The molecule has 2 nitrogen and oxygen atoms in total. The lowest BCUT2D eigenvalue weighted by Crippen LogP contribution is -1.90. The summed E-state index contributed by atoms with van der Waals surface area (Å²) in [5, 5.41) is 0. The van der Waals surface area contributed by atoms with Crippen molar-refractivity contribution < 1.29 is 0 Å². The maximum absolute atomic E-state index is 4.31. The van der Waals surface area contributed by atoms with Crippen molar-refractivity contribution in [1.29, 1.82) is 0 Å². The van der Waals surface area contributed by atoms with Gasteiger partial charge in [-0.3, -0.25) is 9.97 Å². The number of unbranched alkanes of at least 4 members (excludes halogenated alkanes) is 4. The first-order valence-corrected chi connectivity index (χ1v) is 9.48. The average molecular weight is 327 g/mol. The topological polar surface area (TPSA) is 25.8 Å². The normalized spacial score (nSPS) is 10.2. The van der Waals surface area contributed by atoms with Crippen LogP contribution >= 0.6 is 0 Å². The van der Waals surface area contributed by atoms with Gasteiger partial charge in [-0.15, -0.1) is 0 Å². The first-order valence-electron chi connectivity index (χ1n) is 9.48. The quantitative estimate of drug-likeness (QED) is 0.536. The molecule has 0 aliphatic heterocycles. The number of aromatic nitrogens is 2. The molecule has 0 radical (unpaired) electrons. The molecule has 0 atom stereocenters. The number of aryl methyl sites for hydroxylation is 4. The summed E-state index contributed by atoms with van der Waals surface area (Å²) >= 11 is 0. The summed E-state index contributed by atoms with van der Waals surface area (Å²) in [6.45, 7) is 8.68. The summed E-state index contributed by atoms with van der Waals surface area (Å²) in [6.07, 6.45) is 13.8. The van der Waals surface area contributed by atoms with Crippen molar-refractivity contribution in [3.63, 3.8) is 0 Å². The molecular weight excluding hydrogens is 292 g/mol. The summed E-state index contributed by atoms with van der Waals surface area (Å²) in [5.41, 5.74) is 5.11. The predicted octanol–water partition coefficient (Wildman–Crippen LogP) is 6.25. The highest BCUT2D eigenvalue weighted by atomic mass is 14.7. The molecule has 2 rings (SSSR count). The van der Waals surface area contributed by atoms with E-state index in [-0.39, 0.29) is 0 Å². The standard InChI is InChI=1S/2C11H17N/c2*1-3-4-5-6-11-9-10(2)7-8-12-11/h2*7-9H,3-6H2,1-2H3. The molecule has 2 heteroatoms. The minimum Gasteiger partial charge on any atom is -0.261 e. The number of nitrogens with zero attached hydrogens (tertiary/aromatic N) is 2. The van der Waals surface area contributed by atoms with E-state index >= 15 is 0 Å². The Morgan fingerprint density at radius 3 is 1.42 bits per heavy atom. The second kappa shape index (κ2) is 12.7. The van der Waals surface area contributed by atoms with Gasteiger partial charge in [0.1, 0.15) is 0 Å². The molecule has 24 heavy (non-hydrogen) atoms. The Morgan fingerprint density at radius 1 is 0.667 bits per heavy atom. The fourth-order valence-electron chi connectivity index (χ4n) is 2.58. The molecule has 2 aromatic heterocycles. The highest BCUT2D eigenvalue weighted by Crippen LogP contribution is 2.06. The zero-order valence-corrected chi connectivity index (χ0v) is 16.0. The summed E-state index contributed by atoms with van der Waals surface area (Å²) in [5.74, 6) is 0. The van der Waals surface area contributed by atoms with Gasteiger partial charge in [-0.25, -0.2) is 0 Å². The number of pyridine rings is 2. The van der Waals surface area contributed by atoms with Gasteiger partial charge in [0.25, 0.3) is 0 Å². The van der Waals surface area contributed by atoms with Crippen molar-refractivity contribution in [1.82, 2.24) is 9.97 Å². The van der Waals surface area contributed by atoms with Crippen LogP contribution in [0, 0.1) is 13.8 Å². The van der Waals surface area contributed by atoms with E-state index in [1.807, 2.05) is 24.5 Å². The molecule has 0 aromatic carbocycles. The van der Waals surface area contributed by atoms with Crippen LogP contribution in [0.15, 0.2) is 36.7 Å². The third kappa shape index (κ3) is 9.44. The van der Waals surface area contributed by atoms with Gasteiger partial charge in [0.15, 0.2) is 0 Å². The molecule has 0 amide bonds. The Bertz CT molecular complexity index is 512. The molecule has 0 fully saturated rings. The van der Waals surface area contributed by atoms with Gasteiger partial charge in [0.2, 0.25) is 0 Å². The van der Waals surface area contributed by atoms with Crippen molar-refractivity contribution in [3.8, 4) is 0 Å². The summed E-state index contributed by atoms with van der Waals surface area (Å²) < 4.78 is 0. The molecule has 0 saturated heterocycles.